The van der Waals surface area contributed by atoms with Crippen LogP contribution in [0.4, 0.5) is 0 Å². The molecule has 0 rings (SSSR count). The molecule has 0 aliphatic carbocycles. The first-order chi connectivity index (χ1) is 0. The van der Waals surface area contributed by atoms with Crippen LogP contribution in [0.5, 0.6) is 0 Å². The molecule has 2 radical (unpaired) electrons. The zero-order valence-corrected chi connectivity index (χ0v) is 6.80. The number of hydrogen-bond donors (Lipinski definition) is 0. The summed E-state index contributed by atoms with van der Waals surface area (Å²) in [6, 6.07) is 0. The molecule has 0 N–H and O–H groups in total. The van der Waals surface area contributed by atoms with Crippen LogP contribution in [-0.4, -0.2) is 0 Å². The van der Waals surface area contributed by atoms with Crippen LogP contribution in [0, 0.1) is 0 Å². The van der Waals surface area contributed by atoms with Crippen LogP contribution in [0.15, 0.2) is 0 Å². The van der Waals surface area contributed by atoms with Gasteiger partial charge in [0.25, 0.3) is 0 Å². The van der Waals surface area contributed by atoms with Gasteiger partial charge in [0.1, 0.15) is 0 Å². The maximum Gasteiger partial charge on any atom is 0 e. The Bertz CT molecular complexity index is 6.88. The Hall–Kier alpha value is 0.967. The molecule has 0 saturated carbocycles. The first kappa shape index (κ1) is 857. The topological polar surface area (TPSA) is 200 Å². The monoisotopic (exact) mass is 318 g/mol. The molecule has 0 atom stereocenters. The zero-order chi connectivity index (χ0) is 0. The van der Waals surface area contributed by atoms with Crippen LogP contribution < -0.4 is 0 Å². The molecule has 0 aromatic heterocycles. The van der Waals surface area contributed by atoms with Gasteiger partial charge in [-0.2, -0.15) is 0 Å². The van der Waals surface area contributed by atoms with Gasteiger partial charge in [0.05, 0.1) is 0 Å². The van der Waals surface area contributed by atoms with Crippen molar-refractivity contribution in [2.75, 3.05) is 0 Å². The van der Waals surface area contributed by atoms with Gasteiger partial charge in [-0.3, -0.25) is 0 Å². The number of rotatable bonds is 0. The van der Waals surface area contributed by atoms with Crippen molar-refractivity contribution in [3.63, 3.8) is 0 Å². The van der Waals surface area contributed by atoms with E-state index < -0.39 is 0 Å². The van der Waals surface area contributed by atoms with Gasteiger partial charge in [-0.1, -0.05) is 0 Å². The Morgan fingerprint density at radius 3 is 0.222 bits per heavy atom. The molecule has 0 unspecified atom stereocenters. The average molecular weight is 318 g/mol. The summed E-state index contributed by atoms with van der Waals surface area (Å²) in [4.78, 5) is 0. The minimum absolute atomic E-state index is 0. The van der Waals surface area contributed by atoms with Gasteiger partial charge in [0.2, 0.25) is 0 Å². The Morgan fingerprint density at radius 1 is 0.222 bits per heavy atom. The summed E-state index contributed by atoms with van der Waals surface area (Å²) in [6.07, 6.45) is 0. The predicted molar refractivity (Wildman–Crippen MR) is 4.81 cm³/mol. The molecule has 0 spiro atoms. The van der Waals surface area contributed by atoms with Gasteiger partial charge < -0.3 is 38.3 Å². The van der Waals surface area contributed by atoms with Gasteiger partial charge >= 0.3 is 0 Å². The summed E-state index contributed by atoms with van der Waals surface area (Å²) in [7, 11) is 0. The SMILES string of the molecule is [O-2].[O-2].[O-2].[O-2].[O-2].[O-2].[O-2].[Rh].[Rh]. The second-order valence-corrected chi connectivity index (χ2v) is 0. The van der Waals surface area contributed by atoms with E-state index in [1.54, 1.807) is 0 Å². The number of hydrogen-bond acceptors (Lipinski definition) is 0. The molecule has 74 valence electrons. The molecule has 9 heteroatoms. The minimum atomic E-state index is 0. The summed E-state index contributed by atoms with van der Waals surface area (Å²) in [6.45, 7) is 0. The first-order valence-corrected chi connectivity index (χ1v) is 0. The fraction of sp³-hybridized carbons (Fsp3) is 0. The third-order valence-corrected chi connectivity index (χ3v) is 0. The summed E-state index contributed by atoms with van der Waals surface area (Å²) in [5.41, 5.74) is 0. The van der Waals surface area contributed by atoms with Crippen molar-refractivity contribution in [3.8, 4) is 0 Å². The standard InChI is InChI=1S/7O.2Rh/q7*-2;;. The Kier molecular flexibility index (Phi) is 58000. The van der Waals surface area contributed by atoms with E-state index in [1.807, 2.05) is 0 Å². The Morgan fingerprint density at radius 2 is 0.222 bits per heavy atom. The molecule has 0 bridgehead atoms. The van der Waals surface area contributed by atoms with E-state index in [-0.39, 0.29) is 77.3 Å². The molecule has 0 saturated heterocycles. The van der Waals surface area contributed by atoms with Crippen LogP contribution in [0.2, 0.25) is 0 Å². The van der Waals surface area contributed by atoms with Crippen molar-refractivity contribution in [1.29, 1.82) is 0 Å². The Balaban J connectivity index is 0. The van der Waals surface area contributed by atoms with Crippen LogP contribution in [-0.2, 0) is 77.3 Å². The minimum Gasteiger partial charge on any atom is -2.00 e. The summed E-state index contributed by atoms with van der Waals surface area (Å²) in [5, 5.41) is 0. The fourth-order valence-electron chi connectivity index (χ4n) is 0. The fourth-order valence-corrected chi connectivity index (χ4v) is 0. The maximum atomic E-state index is 0. The molecule has 0 heterocycles. The van der Waals surface area contributed by atoms with Gasteiger partial charge in [0, 0.05) is 39.0 Å². The van der Waals surface area contributed by atoms with Gasteiger partial charge in [-0.15, -0.1) is 0 Å². The summed E-state index contributed by atoms with van der Waals surface area (Å²) < 4.78 is 0. The second-order valence-electron chi connectivity index (χ2n) is 0. The zero-order valence-electron chi connectivity index (χ0n) is 3.52. The van der Waals surface area contributed by atoms with Crippen molar-refractivity contribution in [3.05, 3.63) is 0 Å². The van der Waals surface area contributed by atoms with Gasteiger partial charge in [-0.05, 0) is 0 Å². The average Bonchev–Trinajstić information content (AvgIpc) is 0. The van der Waals surface area contributed by atoms with E-state index in [9.17, 15) is 0 Å². The molecule has 0 aromatic rings. The van der Waals surface area contributed by atoms with Crippen molar-refractivity contribution >= 4 is 0 Å². The second kappa shape index (κ2) is 609. The van der Waals surface area contributed by atoms with Crippen molar-refractivity contribution in [1.82, 2.24) is 0 Å². The van der Waals surface area contributed by atoms with Crippen molar-refractivity contribution in [2.24, 2.45) is 0 Å². The Labute approximate surface area is 77.5 Å². The predicted octanol–water partition coefficient (Wildman–Crippen LogP) is -0.837. The van der Waals surface area contributed by atoms with E-state index in [4.69, 9.17) is 0 Å². The molecular weight excluding hydrogens is 318 g/mol. The molecule has 0 amide bonds. The quantitative estimate of drug-likeness (QED) is 0.502. The van der Waals surface area contributed by atoms with Gasteiger partial charge in [-0.25, -0.2) is 0 Å². The largest absolute Gasteiger partial charge is 2.00 e. The third-order valence-electron chi connectivity index (χ3n) is 0. The first-order valence-electron chi connectivity index (χ1n) is 0. The van der Waals surface area contributed by atoms with E-state index in [1.165, 1.54) is 0 Å². The van der Waals surface area contributed by atoms with Crippen LogP contribution in [0.1, 0.15) is 0 Å². The summed E-state index contributed by atoms with van der Waals surface area (Å²) >= 11 is 0. The molecule has 0 aliphatic heterocycles. The van der Waals surface area contributed by atoms with Crippen LogP contribution in [0.3, 0.4) is 0 Å². The summed E-state index contributed by atoms with van der Waals surface area (Å²) in [5.74, 6) is 0. The normalized spacial score (nSPS) is 0. The van der Waals surface area contributed by atoms with Crippen LogP contribution >= 0.6 is 0 Å². The van der Waals surface area contributed by atoms with E-state index in [0.29, 0.717) is 0 Å². The van der Waals surface area contributed by atoms with Gasteiger partial charge in [0.15, 0.2) is 0 Å². The maximum absolute atomic E-state index is 0. The molecule has 9 heavy (non-hydrogen) atoms. The molecule has 0 aromatic carbocycles. The molecule has 7 nitrogen and oxygen atoms in total. The van der Waals surface area contributed by atoms with Crippen LogP contribution in [0.25, 0.3) is 0 Å². The van der Waals surface area contributed by atoms with Crippen molar-refractivity contribution < 1.29 is 77.3 Å². The molecule has 0 aliphatic rings. The van der Waals surface area contributed by atoms with E-state index >= 15 is 0 Å². The van der Waals surface area contributed by atoms with E-state index in [0.717, 1.165) is 0 Å². The van der Waals surface area contributed by atoms with Crippen molar-refractivity contribution in [2.45, 2.75) is 0 Å². The molecular formula is O7Rh2-14. The van der Waals surface area contributed by atoms with E-state index in [2.05, 4.69) is 0 Å². The third kappa shape index (κ3) is 466. The smallest absolute Gasteiger partial charge is 0 e. The molecule has 0 fully saturated rings.